The highest BCUT2D eigenvalue weighted by Crippen LogP contribution is 2.26. The SMILES string of the molecule is CCC1CN(C2CCOC(C)C2)C(C(C)C)CN1. The van der Waals surface area contributed by atoms with E-state index in [4.69, 9.17) is 4.74 Å². The zero-order valence-electron chi connectivity index (χ0n) is 12.5. The average molecular weight is 254 g/mol. The number of hydrogen-bond acceptors (Lipinski definition) is 3. The second-order valence-corrected chi connectivity index (χ2v) is 6.38. The van der Waals surface area contributed by atoms with E-state index in [9.17, 15) is 0 Å². The Kier molecular flexibility index (Phi) is 5.05. The maximum absolute atomic E-state index is 5.71. The van der Waals surface area contributed by atoms with E-state index in [1.165, 1.54) is 25.8 Å². The monoisotopic (exact) mass is 254 g/mol. The number of nitrogens with zero attached hydrogens (tertiary/aromatic N) is 1. The van der Waals surface area contributed by atoms with Crippen LogP contribution in [-0.2, 0) is 4.74 Å². The quantitative estimate of drug-likeness (QED) is 0.836. The largest absolute Gasteiger partial charge is 0.378 e. The molecule has 2 saturated heterocycles. The van der Waals surface area contributed by atoms with Crippen molar-refractivity contribution in [2.75, 3.05) is 19.7 Å². The molecule has 2 fully saturated rings. The maximum atomic E-state index is 5.71. The van der Waals surface area contributed by atoms with Crippen molar-refractivity contribution >= 4 is 0 Å². The molecule has 3 heteroatoms. The fourth-order valence-corrected chi connectivity index (χ4v) is 3.45. The number of hydrogen-bond donors (Lipinski definition) is 1. The number of rotatable bonds is 3. The summed E-state index contributed by atoms with van der Waals surface area (Å²) in [6.07, 6.45) is 4.09. The third kappa shape index (κ3) is 3.25. The predicted octanol–water partition coefficient (Wildman–Crippen LogP) is 2.26. The zero-order chi connectivity index (χ0) is 13.1. The molecule has 3 nitrogen and oxygen atoms in total. The van der Waals surface area contributed by atoms with Gasteiger partial charge in [0, 0.05) is 37.8 Å². The molecule has 4 atom stereocenters. The second kappa shape index (κ2) is 6.36. The van der Waals surface area contributed by atoms with E-state index >= 15 is 0 Å². The molecule has 2 aliphatic heterocycles. The molecule has 0 bridgehead atoms. The molecule has 0 saturated carbocycles. The first-order valence-electron chi connectivity index (χ1n) is 7.72. The molecule has 2 heterocycles. The molecular weight excluding hydrogens is 224 g/mol. The third-order valence-electron chi connectivity index (χ3n) is 4.66. The van der Waals surface area contributed by atoms with Crippen LogP contribution in [0.25, 0.3) is 0 Å². The van der Waals surface area contributed by atoms with Gasteiger partial charge in [0.1, 0.15) is 0 Å². The minimum Gasteiger partial charge on any atom is -0.378 e. The Labute approximate surface area is 112 Å². The van der Waals surface area contributed by atoms with Crippen LogP contribution in [0.4, 0.5) is 0 Å². The van der Waals surface area contributed by atoms with Crippen LogP contribution in [0.15, 0.2) is 0 Å². The van der Waals surface area contributed by atoms with E-state index in [2.05, 4.69) is 37.9 Å². The van der Waals surface area contributed by atoms with Gasteiger partial charge >= 0.3 is 0 Å². The van der Waals surface area contributed by atoms with Crippen molar-refractivity contribution in [3.05, 3.63) is 0 Å². The van der Waals surface area contributed by atoms with E-state index in [1.807, 2.05) is 0 Å². The van der Waals surface area contributed by atoms with Crippen LogP contribution < -0.4 is 5.32 Å². The lowest BCUT2D eigenvalue weighted by Crippen LogP contribution is -2.62. The van der Waals surface area contributed by atoms with Crippen LogP contribution in [0.3, 0.4) is 0 Å². The van der Waals surface area contributed by atoms with Gasteiger partial charge in [-0.15, -0.1) is 0 Å². The summed E-state index contributed by atoms with van der Waals surface area (Å²) in [7, 11) is 0. The van der Waals surface area contributed by atoms with Crippen LogP contribution in [0, 0.1) is 5.92 Å². The van der Waals surface area contributed by atoms with Gasteiger partial charge in [0.2, 0.25) is 0 Å². The molecule has 0 radical (unpaired) electrons. The van der Waals surface area contributed by atoms with Gasteiger partial charge in [0.05, 0.1) is 6.10 Å². The summed E-state index contributed by atoms with van der Waals surface area (Å²) < 4.78 is 5.71. The third-order valence-corrected chi connectivity index (χ3v) is 4.66. The Morgan fingerprint density at radius 2 is 2.17 bits per heavy atom. The minimum atomic E-state index is 0.437. The number of ether oxygens (including phenoxy) is 1. The fraction of sp³-hybridized carbons (Fsp3) is 1.00. The van der Waals surface area contributed by atoms with Crippen molar-refractivity contribution in [3.8, 4) is 0 Å². The molecule has 18 heavy (non-hydrogen) atoms. The van der Waals surface area contributed by atoms with Gasteiger partial charge in [-0.2, -0.15) is 0 Å². The Morgan fingerprint density at radius 3 is 2.78 bits per heavy atom. The lowest BCUT2D eigenvalue weighted by Gasteiger charge is -2.48. The predicted molar refractivity (Wildman–Crippen MR) is 75.8 cm³/mol. The molecule has 2 aliphatic rings. The van der Waals surface area contributed by atoms with Crippen molar-refractivity contribution in [3.63, 3.8) is 0 Å². The first-order valence-corrected chi connectivity index (χ1v) is 7.72. The van der Waals surface area contributed by atoms with Gasteiger partial charge < -0.3 is 10.1 Å². The van der Waals surface area contributed by atoms with Crippen molar-refractivity contribution in [2.24, 2.45) is 5.92 Å². The molecule has 2 rings (SSSR count). The summed E-state index contributed by atoms with van der Waals surface area (Å²) in [4.78, 5) is 2.79. The molecule has 0 aromatic carbocycles. The summed E-state index contributed by atoms with van der Waals surface area (Å²) in [5.74, 6) is 0.730. The van der Waals surface area contributed by atoms with Gasteiger partial charge in [-0.1, -0.05) is 20.8 Å². The van der Waals surface area contributed by atoms with E-state index in [-0.39, 0.29) is 0 Å². The summed E-state index contributed by atoms with van der Waals surface area (Å²) in [6.45, 7) is 12.5. The summed E-state index contributed by atoms with van der Waals surface area (Å²) >= 11 is 0. The molecule has 0 amide bonds. The van der Waals surface area contributed by atoms with Crippen molar-refractivity contribution in [2.45, 2.75) is 71.2 Å². The fourth-order valence-electron chi connectivity index (χ4n) is 3.45. The molecule has 106 valence electrons. The topological polar surface area (TPSA) is 24.5 Å². The number of piperazine rings is 1. The van der Waals surface area contributed by atoms with Crippen molar-refractivity contribution in [1.82, 2.24) is 10.2 Å². The highest BCUT2D eigenvalue weighted by atomic mass is 16.5. The van der Waals surface area contributed by atoms with Crippen LogP contribution in [0.1, 0.15) is 47.0 Å². The molecule has 0 aromatic rings. The van der Waals surface area contributed by atoms with E-state index < -0.39 is 0 Å². The maximum Gasteiger partial charge on any atom is 0.0561 e. The molecule has 0 aromatic heterocycles. The highest BCUT2D eigenvalue weighted by Gasteiger charge is 2.35. The van der Waals surface area contributed by atoms with E-state index in [1.54, 1.807) is 0 Å². The van der Waals surface area contributed by atoms with Crippen molar-refractivity contribution in [1.29, 1.82) is 0 Å². The Balaban J connectivity index is 2.03. The van der Waals surface area contributed by atoms with Gasteiger partial charge in [0.25, 0.3) is 0 Å². The van der Waals surface area contributed by atoms with E-state index in [0.29, 0.717) is 18.2 Å². The van der Waals surface area contributed by atoms with Gasteiger partial charge in [-0.05, 0) is 32.1 Å². The summed E-state index contributed by atoms with van der Waals surface area (Å²) in [6, 6.07) is 2.11. The molecular formula is C15H30N2O. The lowest BCUT2D eigenvalue weighted by atomic mass is 9.92. The highest BCUT2D eigenvalue weighted by molar-refractivity contribution is 4.92. The van der Waals surface area contributed by atoms with Crippen molar-refractivity contribution < 1.29 is 4.74 Å². The Bertz CT molecular complexity index is 257. The minimum absolute atomic E-state index is 0.437. The van der Waals surface area contributed by atoms with Crippen LogP contribution in [-0.4, -0.2) is 48.8 Å². The summed E-state index contributed by atoms with van der Waals surface area (Å²) in [5.41, 5.74) is 0. The first-order chi connectivity index (χ1) is 8.61. The van der Waals surface area contributed by atoms with E-state index in [0.717, 1.165) is 25.1 Å². The molecule has 0 aliphatic carbocycles. The average Bonchev–Trinajstić information content (AvgIpc) is 2.38. The van der Waals surface area contributed by atoms with Crippen LogP contribution in [0.5, 0.6) is 0 Å². The lowest BCUT2D eigenvalue weighted by molar-refractivity contribution is -0.0446. The van der Waals surface area contributed by atoms with Gasteiger partial charge in [-0.3, -0.25) is 4.90 Å². The molecule has 4 unspecified atom stereocenters. The van der Waals surface area contributed by atoms with Gasteiger partial charge in [-0.25, -0.2) is 0 Å². The normalized spacial score (nSPS) is 39.2. The summed E-state index contributed by atoms with van der Waals surface area (Å²) in [5, 5.41) is 3.71. The van der Waals surface area contributed by atoms with Crippen LogP contribution in [0.2, 0.25) is 0 Å². The molecule has 0 spiro atoms. The molecule has 1 N–H and O–H groups in total. The standard InChI is InChI=1S/C15H30N2O/c1-5-13-10-17(15(9-16-13)11(2)3)14-6-7-18-12(4)8-14/h11-16H,5-10H2,1-4H3. The first kappa shape index (κ1) is 14.3. The zero-order valence-corrected chi connectivity index (χ0v) is 12.5. The number of nitrogens with one attached hydrogen (secondary N) is 1. The second-order valence-electron chi connectivity index (χ2n) is 6.38. The Morgan fingerprint density at radius 1 is 1.39 bits per heavy atom. The van der Waals surface area contributed by atoms with Gasteiger partial charge in [0.15, 0.2) is 0 Å². The smallest absolute Gasteiger partial charge is 0.0561 e. The Hall–Kier alpha value is -0.120. The van der Waals surface area contributed by atoms with Crippen LogP contribution >= 0.6 is 0 Å².